The fraction of sp³-hybridized carbons (Fsp3) is 0.333. The Labute approximate surface area is 132 Å². The van der Waals surface area contributed by atoms with Crippen LogP contribution >= 0.6 is 27.5 Å². The van der Waals surface area contributed by atoms with Gasteiger partial charge in [0.1, 0.15) is 17.3 Å². The average molecular weight is 355 g/mol. The van der Waals surface area contributed by atoms with E-state index in [-0.39, 0.29) is 0 Å². The van der Waals surface area contributed by atoms with Crippen molar-refractivity contribution in [2.45, 2.75) is 33.6 Å². The zero-order valence-corrected chi connectivity index (χ0v) is 14.1. The highest BCUT2D eigenvalue weighted by Crippen LogP contribution is 2.29. The summed E-state index contributed by atoms with van der Waals surface area (Å²) >= 11 is 9.74. The minimum atomic E-state index is 0.523. The number of anilines is 2. The standard InChI is InChI=1S/C15H17BrClN3/c1-4-5-12-14(17)18-8-19-15(12)20-11-6-9(2)13(16)10(3)7-11/h6-8H,4-5H2,1-3H3,(H,18,19,20). The third-order valence-corrected chi connectivity index (χ3v) is 4.67. The Balaban J connectivity index is 2.37. The van der Waals surface area contributed by atoms with E-state index in [4.69, 9.17) is 11.6 Å². The number of hydrogen-bond donors (Lipinski definition) is 1. The first-order valence-corrected chi connectivity index (χ1v) is 7.73. The zero-order valence-electron chi connectivity index (χ0n) is 11.8. The topological polar surface area (TPSA) is 37.8 Å². The molecule has 0 saturated heterocycles. The van der Waals surface area contributed by atoms with E-state index in [0.29, 0.717) is 5.15 Å². The molecule has 1 heterocycles. The molecule has 5 heteroatoms. The van der Waals surface area contributed by atoms with Crippen LogP contribution in [0.2, 0.25) is 5.15 Å². The molecule has 0 radical (unpaired) electrons. The van der Waals surface area contributed by atoms with Crippen molar-refractivity contribution in [1.29, 1.82) is 0 Å². The maximum Gasteiger partial charge on any atom is 0.138 e. The molecule has 1 aromatic carbocycles. The monoisotopic (exact) mass is 353 g/mol. The smallest absolute Gasteiger partial charge is 0.138 e. The number of nitrogens with zero attached hydrogens (tertiary/aromatic N) is 2. The van der Waals surface area contributed by atoms with E-state index in [2.05, 4.69) is 64.1 Å². The van der Waals surface area contributed by atoms with Crippen LogP contribution in [-0.2, 0) is 6.42 Å². The molecule has 0 amide bonds. The molecular weight excluding hydrogens is 338 g/mol. The van der Waals surface area contributed by atoms with Gasteiger partial charge in [0, 0.05) is 15.7 Å². The fourth-order valence-electron chi connectivity index (χ4n) is 2.12. The molecule has 0 saturated carbocycles. The molecule has 0 unspecified atom stereocenters. The van der Waals surface area contributed by atoms with Gasteiger partial charge in [-0.05, 0) is 43.5 Å². The number of aryl methyl sites for hydroxylation is 2. The highest BCUT2D eigenvalue weighted by atomic mass is 79.9. The van der Waals surface area contributed by atoms with Crippen LogP contribution in [0.1, 0.15) is 30.0 Å². The highest BCUT2D eigenvalue weighted by molar-refractivity contribution is 9.10. The quantitative estimate of drug-likeness (QED) is 0.766. The van der Waals surface area contributed by atoms with Crippen molar-refractivity contribution >= 4 is 39.0 Å². The summed E-state index contributed by atoms with van der Waals surface area (Å²) in [5.41, 5.74) is 4.35. The molecule has 0 aliphatic heterocycles. The second-order valence-corrected chi connectivity index (χ2v) is 5.94. The van der Waals surface area contributed by atoms with Gasteiger partial charge in [0.2, 0.25) is 0 Å². The minimum absolute atomic E-state index is 0.523. The Morgan fingerprint density at radius 1 is 1.20 bits per heavy atom. The number of rotatable bonds is 4. The van der Waals surface area contributed by atoms with Crippen LogP contribution in [0.25, 0.3) is 0 Å². The Bertz CT molecular complexity index is 606. The van der Waals surface area contributed by atoms with Crippen LogP contribution in [0.5, 0.6) is 0 Å². The van der Waals surface area contributed by atoms with E-state index < -0.39 is 0 Å². The molecule has 3 nitrogen and oxygen atoms in total. The summed E-state index contributed by atoms with van der Waals surface area (Å²) in [6, 6.07) is 4.17. The van der Waals surface area contributed by atoms with E-state index in [1.54, 1.807) is 0 Å². The lowest BCUT2D eigenvalue weighted by Crippen LogP contribution is -2.02. The van der Waals surface area contributed by atoms with E-state index in [1.807, 2.05) is 0 Å². The van der Waals surface area contributed by atoms with Crippen LogP contribution in [0, 0.1) is 13.8 Å². The van der Waals surface area contributed by atoms with Gasteiger partial charge in [0.15, 0.2) is 0 Å². The summed E-state index contributed by atoms with van der Waals surface area (Å²) in [7, 11) is 0. The normalized spacial score (nSPS) is 10.7. The largest absolute Gasteiger partial charge is 0.340 e. The van der Waals surface area contributed by atoms with Crippen LogP contribution < -0.4 is 5.32 Å². The molecule has 2 aromatic rings. The van der Waals surface area contributed by atoms with Gasteiger partial charge in [-0.2, -0.15) is 0 Å². The van der Waals surface area contributed by atoms with Crippen molar-refractivity contribution in [2.75, 3.05) is 5.32 Å². The first-order chi connectivity index (χ1) is 9.52. The van der Waals surface area contributed by atoms with E-state index >= 15 is 0 Å². The maximum atomic E-state index is 6.16. The highest BCUT2D eigenvalue weighted by Gasteiger charge is 2.10. The van der Waals surface area contributed by atoms with Crippen LogP contribution in [-0.4, -0.2) is 9.97 Å². The number of hydrogen-bond acceptors (Lipinski definition) is 3. The molecule has 0 atom stereocenters. The molecule has 20 heavy (non-hydrogen) atoms. The van der Waals surface area contributed by atoms with Crippen LogP contribution in [0.3, 0.4) is 0 Å². The minimum Gasteiger partial charge on any atom is -0.340 e. The molecule has 0 bridgehead atoms. The third-order valence-electron chi connectivity index (χ3n) is 3.09. The molecule has 1 aromatic heterocycles. The lowest BCUT2D eigenvalue weighted by Gasteiger charge is -2.13. The van der Waals surface area contributed by atoms with E-state index in [0.717, 1.165) is 34.4 Å². The Kier molecular flexibility index (Phi) is 5.00. The number of aromatic nitrogens is 2. The van der Waals surface area contributed by atoms with Crippen molar-refractivity contribution in [3.63, 3.8) is 0 Å². The average Bonchev–Trinajstić information content (AvgIpc) is 2.40. The first-order valence-electron chi connectivity index (χ1n) is 6.56. The van der Waals surface area contributed by atoms with Gasteiger partial charge in [-0.15, -0.1) is 0 Å². The van der Waals surface area contributed by atoms with Gasteiger partial charge in [0.05, 0.1) is 0 Å². The predicted molar refractivity (Wildman–Crippen MR) is 87.9 cm³/mol. The van der Waals surface area contributed by atoms with Crippen molar-refractivity contribution in [3.05, 3.63) is 44.8 Å². The fourth-order valence-corrected chi connectivity index (χ4v) is 2.58. The van der Waals surface area contributed by atoms with Crippen LogP contribution in [0.4, 0.5) is 11.5 Å². The van der Waals surface area contributed by atoms with Gasteiger partial charge >= 0.3 is 0 Å². The molecule has 0 spiro atoms. The van der Waals surface area contributed by atoms with Crippen molar-refractivity contribution in [2.24, 2.45) is 0 Å². The molecule has 0 fully saturated rings. The van der Waals surface area contributed by atoms with Crippen molar-refractivity contribution in [1.82, 2.24) is 9.97 Å². The summed E-state index contributed by atoms with van der Waals surface area (Å²) in [5, 5.41) is 3.87. The summed E-state index contributed by atoms with van der Waals surface area (Å²) in [6.07, 6.45) is 3.35. The molecule has 0 aliphatic rings. The SMILES string of the molecule is CCCc1c(Cl)ncnc1Nc1cc(C)c(Br)c(C)c1. The second-order valence-electron chi connectivity index (χ2n) is 4.79. The molecule has 1 N–H and O–H groups in total. The summed E-state index contributed by atoms with van der Waals surface area (Å²) in [4.78, 5) is 8.37. The molecule has 106 valence electrons. The zero-order chi connectivity index (χ0) is 14.7. The van der Waals surface area contributed by atoms with Crippen molar-refractivity contribution < 1.29 is 0 Å². The lowest BCUT2D eigenvalue weighted by molar-refractivity contribution is 0.904. The van der Waals surface area contributed by atoms with E-state index in [9.17, 15) is 0 Å². The summed E-state index contributed by atoms with van der Waals surface area (Å²) in [6.45, 7) is 6.26. The third kappa shape index (κ3) is 3.30. The van der Waals surface area contributed by atoms with E-state index in [1.165, 1.54) is 17.5 Å². The summed E-state index contributed by atoms with van der Waals surface area (Å²) < 4.78 is 1.14. The molecule has 2 rings (SSSR count). The summed E-state index contributed by atoms with van der Waals surface area (Å²) in [5.74, 6) is 0.785. The number of halogens is 2. The van der Waals surface area contributed by atoms with Gasteiger partial charge in [0.25, 0.3) is 0 Å². The maximum absolute atomic E-state index is 6.16. The van der Waals surface area contributed by atoms with Gasteiger partial charge < -0.3 is 5.32 Å². The molecule has 0 aliphatic carbocycles. The predicted octanol–water partition coefficient (Wildman–Crippen LogP) is 5.21. The Morgan fingerprint density at radius 2 is 1.85 bits per heavy atom. The van der Waals surface area contributed by atoms with Crippen molar-refractivity contribution in [3.8, 4) is 0 Å². The Morgan fingerprint density at radius 3 is 2.45 bits per heavy atom. The van der Waals surface area contributed by atoms with Gasteiger partial charge in [-0.3, -0.25) is 0 Å². The van der Waals surface area contributed by atoms with Crippen LogP contribution in [0.15, 0.2) is 22.9 Å². The van der Waals surface area contributed by atoms with Gasteiger partial charge in [-0.1, -0.05) is 40.9 Å². The lowest BCUT2D eigenvalue weighted by atomic mass is 10.1. The number of benzene rings is 1. The van der Waals surface area contributed by atoms with Gasteiger partial charge in [-0.25, -0.2) is 9.97 Å². The Hall–Kier alpha value is -1.13. The first kappa shape index (κ1) is 15.3. The second kappa shape index (κ2) is 6.55. The number of nitrogens with one attached hydrogen (secondary N) is 1. The molecular formula is C15H17BrClN3.